The molecule has 0 aliphatic rings. The van der Waals surface area contributed by atoms with Crippen molar-refractivity contribution in [3.63, 3.8) is 0 Å². The zero-order valence-corrected chi connectivity index (χ0v) is 12.3. The van der Waals surface area contributed by atoms with Crippen LogP contribution in [0.5, 0.6) is 0 Å². The summed E-state index contributed by atoms with van der Waals surface area (Å²) >= 11 is 0. The second-order valence-electron chi connectivity index (χ2n) is 4.26. The van der Waals surface area contributed by atoms with Gasteiger partial charge in [-0.25, -0.2) is 12.7 Å². The Hall–Kier alpha value is -1.60. The van der Waals surface area contributed by atoms with E-state index >= 15 is 0 Å². The number of nitrogens with zero attached hydrogens (tertiary/aromatic N) is 1. The molecule has 0 bridgehead atoms. The molecule has 0 heterocycles. The number of carbonyl (C=O) groups excluding carboxylic acids is 1. The lowest BCUT2D eigenvalue weighted by molar-refractivity contribution is -0.121. The Morgan fingerprint density at radius 1 is 1.26 bits per heavy atom. The summed E-state index contributed by atoms with van der Waals surface area (Å²) in [5, 5.41) is 5.41. The number of para-hydroxylation sites is 1. The molecule has 1 unspecified atom stereocenters. The fraction of sp³-hybridized carbons (Fsp3) is 0.417. The monoisotopic (exact) mass is 285 g/mol. The lowest BCUT2D eigenvalue weighted by Gasteiger charge is -2.19. The lowest BCUT2D eigenvalue weighted by Crippen LogP contribution is -2.36. The van der Waals surface area contributed by atoms with Gasteiger partial charge in [-0.2, -0.15) is 0 Å². The van der Waals surface area contributed by atoms with Crippen LogP contribution < -0.4 is 10.6 Å². The second-order valence-corrected chi connectivity index (χ2v) is 6.38. The van der Waals surface area contributed by atoms with Gasteiger partial charge in [0.1, 0.15) is 10.9 Å². The number of hydrogen-bond donors (Lipinski definition) is 2. The summed E-state index contributed by atoms with van der Waals surface area (Å²) in [7, 11) is 0.917. The van der Waals surface area contributed by atoms with Crippen LogP contribution in [0.4, 0.5) is 5.69 Å². The summed E-state index contributed by atoms with van der Waals surface area (Å²) in [6.07, 6.45) is 0. The van der Waals surface area contributed by atoms with E-state index in [1.54, 1.807) is 25.1 Å². The molecule has 1 amide bonds. The van der Waals surface area contributed by atoms with E-state index in [2.05, 4.69) is 10.6 Å². The standard InChI is InChI=1S/C12H19N3O3S/c1-9(12(16)13-2)14-10-7-5-6-8-11(10)19(17,18)15(3)4/h5-9,14H,1-4H3,(H,13,16). The number of rotatable bonds is 5. The number of hydrogen-bond acceptors (Lipinski definition) is 4. The molecule has 0 saturated heterocycles. The van der Waals surface area contributed by atoms with E-state index in [1.807, 2.05) is 0 Å². The molecule has 2 N–H and O–H groups in total. The van der Waals surface area contributed by atoms with Gasteiger partial charge < -0.3 is 10.6 Å². The van der Waals surface area contributed by atoms with Gasteiger partial charge in [0.15, 0.2) is 0 Å². The van der Waals surface area contributed by atoms with Gasteiger partial charge in [-0.05, 0) is 19.1 Å². The third kappa shape index (κ3) is 3.45. The van der Waals surface area contributed by atoms with E-state index in [1.165, 1.54) is 27.2 Å². The zero-order chi connectivity index (χ0) is 14.6. The maximum atomic E-state index is 12.2. The Labute approximate surface area is 113 Å². The van der Waals surface area contributed by atoms with Crippen LogP contribution in [-0.4, -0.2) is 45.8 Å². The topological polar surface area (TPSA) is 78.5 Å². The van der Waals surface area contributed by atoms with Gasteiger partial charge in [0.05, 0.1) is 5.69 Å². The molecule has 1 rings (SSSR count). The van der Waals surface area contributed by atoms with Crippen molar-refractivity contribution in [2.24, 2.45) is 0 Å². The minimum absolute atomic E-state index is 0.149. The molecule has 0 spiro atoms. The van der Waals surface area contributed by atoms with E-state index in [-0.39, 0.29) is 10.8 Å². The second kappa shape index (κ2) is 6.03. The van der Waals surface area contributed by atoms with Crippen LogP contribution in [-0.2, 0) is 14.8 Å². The van der Waals surface area contributed by atoms with Gasteiger partial charge in [-0.15, -0.1) is 0 Å². The minimum Gasteiger partial charge on any atom is -0.373 e. The Morgan fingerprint density at radius 2 is 1.84 bits per heavy atom. The smallest absolute Gasteiger partial charge is 0.244 e. The highest BCUT2D eigenvalue weighted by atomic mass is 32.2. The molecule has 106 valence electrons. The van der Waals surface area contributed by atoms with Crippen LogP contribution in [0.2, 0.25) is 0 Å². The van der Waals surface area contributed by atoms with Crippen molar-refractivity contribution in [2.45, 2.75) is 17.9 Å². The summed E-state index contributed by atoms with van der Waals surface area (Å²) < 4.78 is 25.5. The highest BCUT2D eigenvalue weighted by Crippen LogP contribution is 2.23. The fourth-order valence-corrected chi connectivity index (χ4v) is 2.57. The van der Waals surface area contributed by atoms with Crippen LogP contribution in [0.15, 0.2) is 29.2 Å². The molecule has 0 radical (unpaired) electrons. The number of sulfonamides is 1. The zero-order valence-electron chi connectivity index (χ0n) is 11.5. The average molecular weight is 285 g/mol. The van der Waals surface area contributed by atoms with Crippen LogP contribution in [0, 0.1) is 0 Å². The molecular formula is C12H19N3O3S. The molecule has 19 heavy (non-hydrogen) atoms. The maximum Gasteiger partial charge on any atom is 0.244 e. The SMILES string of the molecule is CNC(=O)C(C)Nc1ccccc1S(=O)(=O)N(C)C. The Bertz CT molecular complexity index is 555. The first-order chi connectivity index (χ1) is 8.80. The maximum absolute atomic E-state index is 12.2. The number of likely N-dealkylation sites (N-methyl/N-ethyl adjacent to an activating group) is 1. The molecule has 1 atom stereocenters. The van der Waals surface area contributed by atoms with Crippen LogP contribution in [0.1, 0.15) is 6.92 Å². The average Bonchev–Trinajstić information content (AvgIpc) is 2.37. The van der Waals surface area contributed by atoms with Gasteiger partial charge in [0, 0.05) is 21.1 Å². The predicted octanol–water partition coefficient (Wildman–Crippen LogP) is 0.483. The van der Waals surface area contributed by atoms with Gasteiger partial charge in [-0.3, -0.25) is 4.79 Å². The number of amides is 1. The van der Waals surface area contributed by atoms with E-state index in [4.69, 9.17) is 0 Å². The molecule has 0 aliphatic heterocycles. The van der Waals surface area contributed by atoms with Crippen molar-refractivity contribution in [3.8, 4) is 0 Å². The first kappa shape index (κ1) is 15.5. The van der Waals surface area contributed by atoms with Gasteiger partial charge in [-0.1, -0.05) is 12.1 Å². The Morgan fingerprint density at radius 3 is 2.37 bits per heavy atom. The van der Waals surface area contributed by atoms with Crippen molar-refractivity contribution in [1.82, 2.24) is 9.62 Å². The van der Waals surface area contributed by atoms with Crippen LogP contribution in [0.25, 0.3) is 0 Å². The molecule has 0 aromatic heterocycles. The van der Waals surface area contributed by atoms with Crippen molar-refractivity contribution >= 4 is 21.6 Å². The van der Waals surface area contributed by atoms with E-state index in [0.717, 1.165) is 4.31 Å². The van der Waals surface area contributed by atoms with Crippen LogP contribution in [0.3, 0.4) is 0 Å². The molecular weight excluding hydrogens is 266 g/mol. The summed E-state index contributed by atoms with van der Waals surface area (Å²) in [5.74, 6) is -0.211. The van der Waals surface area contributed by atoms with Gasteiger partial charge >= 0.3 is 0 Å². The quantitative estimate of drug-likeness (QED) is 0.825. The summed E-state index contributed by atoms with van der Waals surface area (Å²) in [4.78, 5) is 11.6. The van der Waals surface area contributed by atoms with E-state index < -0.39 is 16.1 Å². The number of carbonyl (C=O) groups is 1. The molecule has 7 heteroatoms. The number of benzene rings is 1. The molecule has 1 aromatic rings. The highest BCUT2D eigenvalue weighted by Gasteiger charge is 2.22. The highest BCUT2D eigenvalue weighted by molar-refractivity contribution is 7.89. The molecule has 6 nitrogen and oxygen atoms in total. The van der Waals surface area contributed by atoms with Crippen LogP contribution >= 0.6 is 0 Å². The fourth-order valence-electron chi connectivity index (χ4n) is 1.52. The van der Waals surface area contributed by atoms with E-state index in [0.29, 0.717) is 5.69 Å². The first-order valence-corrected chi connectivity index (χ1v) is 7.24. The Kier molecular flexibility index (Phi) is 4.90. The molecule has 0 saturated carbocycles. The van der Waals surface area contributed by atoms with E-state index in [9.17, 15) is 13.2 Å². The van der Waals surface area contributed by atoms with Crippen molar-refractivity contribution < 1.29 is 13.2 Å². The number of nitrogens with one attached hydrogen (secondary N) is 2. The van der Waals surface area contributed by atoms with Gasteiger partial charge in [0.2, 0.25) is 15.9 Å². The largest absolute Gasteiger partial charge is 0.373 e. The van der Waals surface area contributed by atoms with Crippen molar-refractivity contribution in [3.05, 3.63) is 24.3 Å². The Balaban J connectivity index is 3.14. The molecule has 0 fully saturated rings. The van der Waals surface area contributed by atoms with Crippen molar-refractivity contribution in [1.29, 1.82) is 0 Å². The molecule has 1 aromatic carbocycles. The third-order valence-electron chi connectivity index (χ3n) is 2.66. The van der Waals surface area contributed by atoms with Crippen molar-refractivity contribution in [2.75, 3.05) is 26.5 Å². The minimum atomic E-state index is -3.55. The normalized spacial score (nSPS) is 13.1. The predicted molar refractivity (Wildman–Crippen MR) is 74.5 cm³/mol. The summed E-state index contributed by atoms with van der Waals surface area (Å²) in [5.41, 5.74) is 0.410. The molecule has 0 aliphatic carbocycles. The van der Waals surface area contributed by atoms with Gasteiger partial charge in [0.25, 0.3) is 0 Å². The lowest BCUT2D eigenvalue weighted by atomic mass is 10.2. The number of anilines is 1. The summed E-state index contributed by atoms with van der Waals surface area (Å²) in [6, 6.07) is 5.98. The summed E-state index contributed by atoms with van der Waals surface area (Å²) in [6.45, 7) is 1.66. The first-order valence-electron chi connectivity index (χ1n) is 5.80. The third-order valence-corrected chi connectivity index (χ3v) is 4.53.